The molecule has 0 aromatic rings. The molecule has 0 aromatic carbocycles. The van der Waals surface area contributed by atoms with E-state index in [1.54, 1.807) is 0 Å². The fraction of sp³-hybridized carbons (Fsp3) is 1.00. The van der Waals surface area contributed by atoms with Crippen LogP contribution in [0.25, 0.3) is 0 Å². The SMILES string of the molecule is NC1CC(NCC2CCOC2)C1. The first-order valence-corrected chi connectivity index (χ1v) is 4.91. The highest BCUT2D eigenvalue weighted by molar-refractivity contribution is 4.88. The Balaban J connectivity index is 1.56. The van der Waals surface area contributed by atoms with Crippen LogP contribution in [0.5, 0.6) is 0 Å². The number of nitrogens with two attached hydrogens (primary N) is 1. The average molecular weight is 170 g/mol. The van der Waals surface area contributed by atoms with E-state index in [0.29, 0.717) is 12.1 Å². The summed E-state index contributed by atoms with van der Waals surface area (Å²) in [4.78, 5) is 0. The summed E-state index contributed by atoms with van der Waals surface area (Å²) >= 11 is 0. The zero-order valence-corrected chi connectivity index (χ0v) is 7.46. The highest BCUT2D eigenvalue weighted by Gasteiger charge is 2.26. The van der Waals surface area contributed by atoms with Gasteiger partial charge in [-0.2, -0.15) is 0 Å². The highest BCUT2D eigenvalue weighted by Crippen LogP contribution is 2.18. The maximum absolute atomic E-state index is 5.69. The molecule has 3 nitrogen and oxygen atoms in total. The van der Waals surface area contributed by atoms with Crippen LogP contribution in [0.3, 0.4) is 0 Å². The van der Waals surface area contributed by atoms with Crippen LogP contribution in [-0.2, 0) is 4.74 Å². The maximum Gasteiger partial charge on any atom is 0.0507 e. The highest BCUT2D eigenvalue weighted by atomic mass is 16.5. The monoisotopic (exact) mass is 170 g/mol. The van der Waals surface area contributed by atoms with Crippen molar-refractivity contribution >= 4 is 0 Å². The van der Waals surface area contributed by atoms with Gasteiger partial charge in [0.05, 0.1) is 6.61 Å². The van der Waals surface area contributed by atoms with Crippen LogP contribution in [-0.4, -0.2) is 31.8 Å². The molecule has 0 amide bonds. The quantitative estimate of drug-likeness (QED) is 0.631. The summed E-state index contributed by atoms with van der Waals surface area (Å²) in [7, 11) is 0. The largest absolute Gasteiger partial charge is 0.381 e. The summed E-state index contributed by atoms with van der Waals surface area (Å²) in [6.07, 6.45) is 3.55. The first kappa shape index (κ1) is 8.48. The fourth-order valence-corrected chi connectivity index (χ4v) is 1.91. The predicted octanol–water partition coefficient (Wildman–Crippen LogP) is 0.102. The van der Waals surface area contributed by atoms with Crippen molar-refractivity contribution in [1.82, 2.24) is 5.32 Å². The molecule has 70 valence electrons. The van der Waals surface area contributed by atoms with Gasteiger partial charge in [-0.1, -0.05) is 0 Å². The van der Waals surface area contributed by atoms with Crippen LogP contribution >= 0.6 is 0 Å². The molecule has 12 heavy (non-hydrogen) atoms. The molecule has 2 aliphatic rings. The second-order valence-corrected chi connectivity index (χ2v) is 4.07. The molecule has 0 bridgehead atoms. The van der Waals surface area contributed by atoms with E-state index in [9.17, 15) is 0 Å². The average Bonchev–Trinajstić information content (AvgIpc) is 2.47. The Kier molecular flexibility index (Phi) is 2.63. The lowest BCUT2D eigenvalue weighted by Gasteiger charge is -2.33. The number of ether oxygens (including phenoxy) is 1. The van der Waals surface area contributed by atoms with E-state index in [4.69, 9.17) is 10.5 Å². The van der Waals surface area contributed by atoms with E-state index in [0.717, 1.165) is 38.5 Å². The summed E-state index contributed by atoms with van der Waals surface area (Å²) in [6, 6.07) is 1.16. The second-order valence-electron chi connectivity index (χ2n) is 4.07. The van der Waals surface area contributed by atoms with Crippen LogP contribution in [0.2, 0.25) is 0 Å². The fourth-order valence-electron chi connectivity index (χ4n) is 1.91. The normalized spacial score (nSPS) is 41.2. The van der Waals surface area contributed by atoms with Gasteiger partial charge in [0.2, 0.25) is 0 Å². The molecule has 1 heterocycles. The van der Waals surface area contributed by atoms with E-state index in [-0.39, 0.29) is 0 Å². The summed E-state index contributed by atoms with van der Waals surface area (Å²) < 4.78 is 5.30. The van der Waals surface area contributed by atoms with Gasteiger partial charge >= 0.3 is 0 Å². The molecule has 1 aliphatic heterocycles. The Morgan fingerprint density at radius 3 is 2.83 bits per heavy atom. The van der Waals surface area contributed by atoms with Gasteiger partial charge in [0.25, 0.3) is 0 Å². The van der Waals surface area contributed by atoms with Gasteiger partial charge in [-0.15, -0.1) is 0 Å². The zero-order valence-electron chi connectivity index (χ0n) is 7.46. The standard InChI is InChI=1S/C9H18N2O/c10-8-3-9(4-8)11-5-7-1-2-12-6-7/h7-9,11H,1-6,10H2. The van der Waals surface area contributed by atoms with Gasteiger partial charge in [-0.25, -0.2) is 0 Å². The van der Waals surface area contributed by atoms with Gasteiger partial charge in [-0.3, -0.25) is 0 Å². The van der Waals surface area contributed by atoms with Crippen molar-refractivity contribution in [2.24, 2.45) is 11.7 Å². The van der Waals surface area contributed by atoms with Gasteiger partial charge < -0.3 is 15.8 Å². The van der Waals surface area contributed by atoms with Crippen molar-refractivity contribution < 1.29 is 4.74 Å². The van der Waals surface area contributed by atoms with Gasteiger partial charge in [0.1, 0.15) is 0 Å². The molecular formula is C9H18N2O. The topological polar surface area (TPSA) is 47.3 Å². The van der Waals surface area contributed by atoms with Crippen LogP contribution in [0.15, 0.2) is 0 Å². The van der Waals surface area contributed by atoms with E-state index in [1.165, 1.54) is 6.42 Å². The lowest BCUT2D eigenvalue weighted by atomic mass is 9.87. The molecule has 0 radical (unpaired) electrons. The molecule has 0 spiro atoms. The predicted molar refractivity (Wildman–Crippen MR) is 47.9 cm³/mol. The maximum atomic E-state index is 5.69. The third kappa shape index (κ3) is 1.97. The Bertz CT molecular complexity index is 139. The van der Waals surface area contributed by atoms with Crippen LogP contribution in [0, 0.1) is 5.92 Å². The van der Waals surface area contributed by atoms with Crippen molar-refractivity contribution in [3.8, 4) is 0 Å². The Morgan fingerprint density at radius 1 is 1.42 bits per heavy atom. The third-order valence-electron chi connectivity index (χ3n) is 2.89. The number of hydrogen-bond donors (Lipinski definition) is 2. The molecule has 1 saturated carbocycles. The molecule has 2 rings (SSSR count). The summed E-state index contributed by atoms with van der Waals surface area (Å²) in [5, 5.41) is 3.53. The molecule has 2 fully saturated rings. The van der Waals surface area contributed by atoms with E-state index in [1.807, 2.05) is 0 Å². The first-order valence-electron chi connectivity index (χ1n) is 4.91. The van der Waals surface area contributed by atoms with Gasteiger partial charge in [0.15, 0.2) is 0 Å². The van der Waals surface area contributed by atoms with Crippen molar-refractivity contribution in [2.75, 3.05) is 19.8 Å². The summed E-state index contributed by atoms with van der Waals surface area (Å²) in [5.41, 5.74) is 5.69. The summed E-state index contributed by atoms with van der Waals surface area (Å²) in [5.74, 6) is 0.752. The van der Waals surface area contributed by atoms with Crippen molar-refractivity contribution in [2.45, 2.75) is 31.3 Å². The molecular weight excluding hydrogens is 152 g/mol. The minimum Gasteiger partial charge on any atom is -0.381 e. The number of nitrogens with one attached hydrogen (secondary N) is 1. The molecule has 3 N–H and O–H groups in total. The minimum absolute atomic E-state index is 0.460. The Hall–Kier alpha value is -0.120. The third-order valence-corrected chi connectivity index (χ3v) is 2.89. The molecule has 1 atom stereocenters. The molecule has 1 aliphatic carbocycles. The first-order chi connectivity index (χ1) is 5.84. The molecule has 1 unspecified atom stereocenters. The molecule has 1 saturated heterocycles. The van der Waals surface area contributed by atoms with Crippen molar-refractivity contribution in [1.29, 1.82) is 0 Å². The smallest absolute Gasteiger partial charge is 0.0507 e. The van der Waals surface area contributed by atoms with E-state index >= 15 is 0 Å². The molecule has 3 heteroatoms. The van der Waals surface area contributed by atoms with Crippen molar-refractivity contribution in [3.05, 3.63) is 0 Å². The minimum atomic E-state index is 0.460. The second kappa shape index (κ2) is 3.73. The summed E-state index contributed by atoms with van der Waals surface area (Å²) in [6.45, 7) is 3.03. The lowest BCUT2D eigenvalue weighted by Crippen LogP contribution is -2.49. The number of hydrogen-bond acceptors (Lipinski definition) is 3. The number of rotatable bonds is 3. The Morgan fingerprint density at radius 2 is 2.25 bits per heavy atom. The lowest BCUT2D eigenvalue weighted by molar-refractivity contribution is 0.182. The van der Waals surface area contributed by atoms with Gasteiger partial charge in [0, 0.05) is 25.2 Å². The van der Waals surface area contributed by atoms with Gasteiger partial charge in [-0.05, 0) is 25.2 Å². The molecule has 0 aromatic heterocycles. The van der Waals surface area contributed by atoms with E-state index < -0.39 is 0 Å². The van der Waals surface area contributed by atoms with Crippen LogP contribution < -0.4 is 11.1 Å². The zero-order chi connectivity index (χ0) is 8.39. The van der Waals surface area contributed by atoms with Crippen LogP contribution in [0.4, 0.5) is 0 Å². The van der Waals surface area contributed by atoms with E-state index in [2.05, 4.69) is 5.32 Å². The van der Waals surface area contributed by atoms with Crippen molar-refractivity contribution in [3.63, 3.8) is 0 Å². The van der Waals surface area contributed by atoms with Crippen LogP contribution in [0.1, 0.15) is 19.3 Å². The Labute approximate surface area is 73.7 Å².